The minimum atomic E-state index is 0.112. The Bertz CT molecular complexity index is 836. The topological polar surface area (TPSA) is 38.1 Å². The Hall–Kier alpha value is -2.62. The first-order chi connectivity index (χ1) is 11.0. The zero-order valence-electron chi connectivity index (χ0n) is 13.8. The number of fused-ring (bicyclic) bond motifs is 1. The van der Waals surface area contributed by atoms with Crippen molar-refractivity contribution in [3.8, 4) is 0 Å². The van der Waals surface area contributed by atoms with E-state index >= 15 is 0 Å². The van der Waals surface area contributed by atoms with Crippen LogP contribution in [-0.4, -0.2) is 27.4 Å². The van der Waals surface area contributed by atoms with Crippen molar-refractivity contribution in [1.29, 1.82) is 0 Å². The SMILES string of the molecule is Cc1nc2cc(CC(=O)N(C)Cc3ccccc3)ccc2n1C. The number of likely N-dealkylation sites (N-methyl/N-ethyl adjacent to an activating group) is 1. The lowest BCUT2D eigenvalue weighted by molar-refractivity contribution is -0.129. The molecule has 4 nitrogen and oxygen atoms in total. The van der Waals surface area contributed by atoms with Gasteiger partial charge in [0.05, 0.1) is 17.5 Å². The lowest BCUT2D eigenvalue weighted by atomic mass is 10.1. The Kier molecular flexibility index (Phi) is 4.15. The van der Waals surface area contributed by atoms with E-state index in [-0.39, 0.29) is 5.91 Å². The van der Waals surface area contributed by atoms with E-state index in [2.05, 4.69) is 9.55 Å². The molecule has 1 amide bonds. The lowest BCUT2D eigenvalue weighted by Gasteiger charge is -2.17. The summed E-state index contributed by atoms with van der Waals surface area (Å²) in [5, 5.41) is 0. The van der Waals surface area contributed by atoms with E-state index in [0.717, 1.165) is 28.0 Å². The van der Waals surface area contributed by atoms with Gasteiger partial charge in [0, 0.05) is 20.6 Å². The molecule has 0 radical (unpaired) electrons. The van der Waals surface area contributed by atoms with E-state index in [1.54, 1.807) is 4.90 Å². The average Bonchev–Trinajstić information content (AvgIpc) is 2.82. The van der Waals surface area contributed by atoms with Gasteiger partial charge in [0.25, 0.3) is 0 Å². The molecule has 4 heteroatoms. The molecule has 23 heavy (non-hydrogen) atoms. The van der Waals surface area contributed by atoms with E-state index in [0.29, 0.717) is 13.0 Å². The Morgan fingerprint density at radius 3 is 2.61 bits per heavy atom. The summed E-state index contributed by atoms with van der Waals surface area (Å²) in [6.45, 7) is 2.61. The third-order valence-electron chi connectivity index (χ3n) is 4.21. The van der Waals surface area contributed by atoms with Crippen molar-refractivity contribution in [2.75, 3.05) is 7.05 Å². The van der Waals surface area contributed by atoms with Crippen LogP contribution >= 0.6 is 0 Å². The van der Waals surface area contributed by atoms with Crippen molar-refractivity contribution in [1.82, 2.24) is 14.5 Å². The van der Waals surface area contributed by atoms with Crippen LogP contribution in [0.4, 0.5) is 0 Å². The van der Waals surface area contributed by atoms with Crippen LogP contribution in [0.15, 0.2) is 48.5 Å². The molecule has 1 aromatic heterocycles. The number of amides is 1. The number of nitrogens with zero attached hydrogens (tertiary/aromatic N) is 3. The molecule has 0 atom stereocenters. The first-order valence-electron chi connectivity index (χ1n) is 7.74. The Labute approximate surface area is 136 Å². The zero-order chi connectivity index (χ0) is 16.4. The van der Waals surface area contributed by atoms with Crippen LogP contribution in [0.3, 0.4) is 0 Å². The number of carbonyl (C=O) groups is 1. The van der Waals surface area contributed by atoms with Crippen LogP contribution in [0.1, 0.15) is 17.0 Å². The number of aryl methyl sites for hydroxylation is 2. The molecule has 0 fully saturated rings. The van der Waals surface area contributed by atoms with Gasteiger partial charge >= 0.3 is 0 Å². The number of aromatic nitrogens is 2. The molecule has 118 valence electrons. The Morgan fingerprint density at radius 1 is 1.13 bits per heavy atom. The van der Waals surface area contributed by atoms with Gasteiger partial charge in [-0.3, -0.25) is 4.79 Å². The maximum absolute atomic E-state index is 12.4. The van der Waals surface area contributed by atoms with E-state index in [1.807, 2.05) is 69.6 Å². The molecule has 0 aliphatic rings. The maximum Gasteiger partial charge on any atom is 0.227 e. The van der Waals surface area contributed by atoms with Gasteiger partial charge < -0.3 is 9.47 Å². The lowest BCUT2D eigenvalue weighted by Crippen LogP contribution is -2.27. The molecule has 1 heterocycles. The standard InChI is InChI=1S/C19H21N3O/c1-14-20-17-11-16(9-10-18(17)22(14)3)12-19(23)21(2)13-15-7-5-4-6-8-15/h4-11H,12-13H2,1-3H3. The highest BCUT2D eigenvalue weighted by Crippen LogP contribution is 2.17. The third-order valence-corrected chi connectivity index (χ3v) is 4.21. The first-order valence-corrected chi connectivity index (χ1v) is 7.74. The molecule has 0 bridgehead atoms. The second-order valence-electron chi connectivity index (χ2n) is 5.95. The molecule has 0 unspecified atom stereocenters. The van der Waals surface area contributed by atoms with Gasteiger partial charge in [0.15, 0.2) is 0 Å². The van der Waals surface area contributed by atoms with Crippen molar-refractivity contribution in [2.24, 2.45) is 7.05 Å². The zero-order valence-corrected chi connectivity index (χ0v) is 13.8. The van der Waals surface area contributed by atoms with Crippen LogP contribution in [0, 0.1) is 6.92 Å². The van der Waals surface area contributed by atoms with Crippen molar-refractivity contribution in [3.05, 3.63) is 65.5 Å². The van der Waals surface area contributed by atoms with E-state index in [1.165, 1.54) is 0 Å². The van der Waals surface area contributed by atoms with Gasteiger partial charge in [-0.2, -0.15) is 0 Å². The average molecular weight is 307 g/mol. The number of hydrogen-bond acceptors (Lipinski definition) is 2. The Balaban J connectivity index is 1.72. The van der Waals surface area contributed by atoms with Gasteiger partial charge in [0.1, 0.15) is 5.82 Å². The molecule has 0 saturated carbocycles. The van der Waals surface area contributed by atoms with E-state index in [4.69, 9.17) is 0 Å². The van der Waals surface area contributed by atoms with Crippen LogP contribution in [0.25, 0.3) is 11.0 Å². The largest absolute Gasteiger partial charge is 0.341 e. The van der Waals surface area contributed by atoms with Crippen LogP contribution in [0.2, 0.25) is 0 Å². The minimum Gasteiger partial charge on any atom is -0.341 e. The van der Waals surface area contributed by atoms with Gasteiger partial charge in [-0.15, -0.1) is 0 Å². The predicted molar refractivity (Wildman–Crippen MR) is 92.1 cm³/mol. The van der Waals surface area contributed by atoms with E-state index in [9.17, 15) is 4.79 Å². The Morgan fingerprint density at radius 2 is 1.87 bits per heavy atom. The second kappa shape index (κ2) is 6.24. The maximum atomic E-state index is 12.4. The van der Waals surface area contributed by atoms with Crippen molar-refractivity contribution in [2.45, 2.75) is 19.9 Å². The second-order valence-corrected chi connectivity index (χ2v) is 5.95. The third kappa shape index (κ3) is 3.26. The normalized spacial score (nSPS) is 10.9. The highest BCUT2D eigenvalue weighted by molar-refractivity contribution is 5.82. The molecule has 0 aliphatic carbocycles. The highest BCUT2D eigenvalue weighted by atomic mass is 16.2. The molecular formula is C19H21N3O. The smallest absolute Gasteiger partial charge is 0.227 e. The van der Waals surface area contributed by atoms with Crippen molar-refractivity contribution < 1.29 is 4.79 Å². The fourth-order valence-corrected chi connectivity index (χ4v) is 2.73. The minimum absolute atomic E-state index is 0.112. The summed E-state index contributed by atoms with van der Waals surface area (Å²) in [5.41, 5.74) is 4.18. The summed E-state index contributed by atoms with van der Waals surface area (Å²) in [4.78, 5) is 18.7. The van der Waals surface area contributed by atoms with Gasteiger partial charge in [-0.25, -0.2) is 4.98 Å². The number of benzene rings is 2. The highest BCUT2D eigenvalue weighted by Gasteiger charge is 2.12. The number of rotatable bonds is 4. The first kappa shape index (κ1) is 15.3. The fraction of sp³-hybridized carbons (Fsp3) is 0.263. The van der Waals surface area contributed by atoms with Crippen LogP contribution in [0.5, 0.6) is 0 Å². The van der Waals surface area contributed by atoms with Crippen LogP contribution in [-0.2, 0) is 24.8 Å². The summed E-state index contributed by atoms with van der Waals surface area (Å²) in [7, 11) is 3.85. The molecule has 0 N–H and O–H groups in total. The van der Waals surface area contributed by atoms with Gasteiger partial charge in [0.2, 0.25) is 5.91 Å². The predicted octanol–water partition coefficient (Wildman–Crippen LogP) is 3.08. The van der Waals surface area contributed by atoms with Crippen LogP contribution < -0.4 is 0 Å². The molecule has 0 aliphatic heterocycles. The molecule has 3 aromatic rings. The summed E-state index contributed by atoms with van der Waals surface area (Å²) in [6.07, 6.45) is 0.398. The fourth-order valence-electron chi connectivity index (χ4n) is 2.73. The molecule has 3 rings (SSSR count). The summed E-state index contributed by atoms with van der Waals surface area (Å²) < 4.78 is 2.06. The molecule has 0 spiro atoms. The quantitative estimate of drug-likeness (QED) is 0.743. The molecular weight excluding hydrogens is 286 g/mol. The summed E-state index contributed by atoms with van der Waals surface area (Å²) in [6, 6.07) is 16.1. The van der Waals surface area contributed by atoms with Crippen molar-refractivity contribution in [3.63, 3.8) is 0 Å². The van der Waals surface area contributed by atoms with Gasteiger partial charge in [-0.1, -0.05) is 36.4 Å². The monoisotopic (exact) mass is 307 g/mol. The van der Waals surface area contributed by atoms with E-state index < -0.39 is 0 Å². The molecule has 0 saturated heterocycles. The number of imidazole rings is 1. The number of hydrogen-bond donors (Lipinski definition) is 0. The summed E-state index contributed by atoms with van der Waals surface area (Å²) in [5.74, 6) is 1.09. The van der Waals surface area contributed by atoms with Crippen molar-refractivity contribution >= 4 is 16.9 Å². The van der Waals surface area contributed by atoms with Gasteiger partial charge in [-0.05, 0) is 30.2 Å². The summed E-state index contributed by atoms with van der Waals surface area (Å²) >= 11 is 0. The number of carbonyl (C=O) groups excluding carboxylic acids is 1. The molecule has 2 aromatic carbocycles.